The summed E-state index contributed by atoms with van der Waals surface area (Å²) in [7, 11) is 0. The van der Waals surface area contributed by atoms with Crippen molar-refractivity contribution in [2.75, 3.05) is 0 Å². The van der Waals surface area contributed by atoms with Crippen molar-refractivity contribution >= 4 is 22.6 Å². The number of fused-ring (bicyclic) bond motifs is 1. The molecule has 6 nitrogen and oxygen atoms in total. The van der Waals surface area contributed by atoms with Crippen molar-refractivity contribution < 1.29 is 19.2 Å². The second-order valence-corrected chi connectivity index (χ2v) is 6.58. The van der Waals surface area contributed by atoms with Crippen molar-refractivity contribution in [3.05, 3.63) is 65.5 Å². The van der Waals surface area contributed by atoms with Gasteiger partial charge in [0.2, 0.25) is 0 Å². The Bertz CT molecular complexity index is 969. The molecule has 4 rings (SSSR count). The molecule has 2 aromatic carbocycles. The SMILES string of the molecule is O=C(O)C[C@@H](NC(=O)c1cc(C2CC2)on1)c1cccc2ccccc12. The molecule has 1 amide bonds. The van der Waals surface area contributed by atoms with E-state index >= 15 is 0 Å². The summed E-state index contributed by atoms with van der Waals surface area (Å²) in [5.74, 6) is -0.339. The lowest BCUT2D eigenvalue weighted by molar-refractivity contribution is -0.137. The Kier molecular flexibility index (Phi) is 4.16. The molecule has 0 unspecified atom stereocenters. The van der Waals surface area contributed by atoms with Crippen molar-refractivity contribution in [3.63, 3.8) is 0 Å². The molecule has 132 valence electrons. The lowest BCUT2D eigenvalue weighted by atomic mass is 9.96. The summed E-state index contributed by atoms with van der Waals surface area (Å²) < 4.78 is 5.22. The van der Waals surface area contributed by atoms with Crippen molar-refractivity contribution in [1.29, 1.82) is 0 Å². The van der Waals surface area contributed by atoms with Gasteiger partial charge in [-0.25, -0.2) is 0 Å². The zero-order valence-corrected chi connectivity index (χ0v) is 14.0. The molecule has 0 bridgehead atoms. The minimum Gasteiger partial charge on any atom is -0.481 e. The molecule has 1 aliphatic rings. The molecular formula is C20H18N2O4. The first kappa shape index (κ1) is 16.3. The molecule has 1 heterocycles. The number of carboxylic acids is 1. The summed E-state index contributed by atoms with van der Waals surface area (Å²) in [6.07, 6.45) is 1.88. The first-order valence-electron chi connectivity index (χ1n) is 8.59. The van der Waals surface area contributed by atoms with Crippen molar-refractivity contribution in [2.24, 2.45) is 0 Å². The molecule has 3 aromatic rings. The molecule has 2 N–H and O–H groups in total. The summed E-state index contributed by atoms with van der Waals surface area (Å²) in [5.41, 5.74) is 0.951. The number of carbonyl (C=O) groups excluding carboxylic acids is 1. The van der Waals surface area contributed by atoms with Crippen LogP contribution in [0.5, 0.6) is 0 Å². The maximum absolute atomic E-state index is 12.6. The molecule has 0 aliphatic heterocycles. The van der Waals surface area contributed by atoms with Crippen LogP contribution in [-0.2, 0) is 4.79 Å². The Morgan fingerprint density at radius 1 is 1.19 bits per heavy atom. The average Bonchev–Trinajstić information content (AvgIpc) is 3.37. The van der Waals surface area contributed by atoms with E-state index in [0.29, 0.717) is 5.92 Å². The number of carboxylic acid groups (broad SMARTS) is 1. The number of amides is 1. The van der Waals surface area contributed by atoms with Gasteiger partial charge in [0.05, 0.1) is 12.5 Å². The van der Waals surface area contributed by atoms with Crippen LogP contribution in [0.2, 0.25) is 0 Å². The zero-order chi connectivity index (χ0) is 18.1. The van der Waals surface area contributed by atoms with E-state index in [-0.39, 0.29) is 12.1 Å². The van der Waals surface area contributed by atoms with Crippen molar-refractivity contribution in [3.8, 4) is 0 Å². The Hall–Kier alpha value is -3.15. The van der Waals surface area contributed by atoms with Crippen molar-refractivity contribution in [2.45, 2.75) is 31.2 Å². The summed E-state index contributed by atoms with van der Waals surface area (Å²) in [6.45, 7) is 0. The van der Waals surface area contributed by atoms with Gasteiger partial charge in [0.15, 0.2) is 5.69 Å². The smallest absolute Gasteiger partial charge is 0.305 e. The topological polar surface area (TPSA) is 92.4 Å². The number of nitrogens with one attached hydrogen (secondary N) is 1. The number of aliphatic carboxylic acids is 1. The van der Waals surface area contributed by atoms with Crippen LogP contribution < -0.4 is 5.32 Å². The third kappa shape index (κ3) is 3.31. The summed E-state index contributed by atoms with van der Waals surface area (Å²) >= 11 is 0. The van der Waals surface area contributed by atoms with E-state index in [0.717, 1.165) is 34.9 Å². The summed E-state index contributed by atoms with van der Waals surface area (Å²) in [5, 5.41) is 17.8. The second kappa shape index (κ2) is 6.63. The number of carbonyl (C=O) groups is 2. The van der Waals surface area contributed by atoms with Gasteiger partial charge in [-0.2, -0.15) is 0 Å². The van der Waals surface area contributed by atoms with Gasteiger partial charge in [-0.15, -0.1) is 0 Å². The molecule has 1 fully saturated rings. The first-order valence-corrected chi connectivity index (χ1v) is 8.59. The van der Waals surface area contributed by atoms with Crippen LogP contribution in [0.1, 0.15) is 53.0 Å². The van der Waals surface area contributed by atoms with Gasteiger partial charge in [-0.3, -0.25) is 9.59 Å². The highest BCUT2D eigenvalue weighted by Crippen LogP contribution is 2.40. The minimum atomic E-state index is -0.984. The number of aromatic nitrogens is 1. The summed E-state index contributed by atoms with van der Waals surface area (Å²) in [6, 6.07) is 14.3. The largest absolute Gasteiger partial charge is 0.481 e. The van der Waals surface area contributed by atoms with E-state index < -0.39 is 17.9 Å². The molecule has 0 saturated heterocycles. The number of benzene rings is 2. The highest BCUT2D eigenvalue weighted by atomic mass is 16.5. The minimum absolute atomic E-state index is 0.183. The quantitative estimate of drug-likeness (QED) is 0.708. The average molecular weight is 350 g/mol. The monoisotopic (exact) mass is 350 g/mol. The molecular weight excluding hydrogens is 332 g/mol. The molecule has 1 saturated carbocycles. The molecule has 6 heteroatoms. The van der Waals surface area contributed by atoms with Crippen LogP contribution in [0.3, 0.4) is 0 Å². The Morgan fingerprint density at radius 3 is 2.73 bits per heavy atom. The van der Waals surface area contributed by atoms with E-state index in [1.165, 1.54) is 0 Å². The number of hydrogen-bond donors (Lipinski definition) is 2. The summed E-state index contributed by atoms with van der Waals surface area (Å²) in [4.78, 5) is 23.9. The van der Waals surface area contributed by atoms with E-state index in [1.54, 1.807) is 6.07 Å². The molecule has 26 heavy (non-hydrogen) atoms. The molecule has 1 aromatic heterocycles. The van der Waals surface area contributed by atoms with Gasteiger partial charge in [0, 0.05) is 12.0 Å². The van der Waals surface area contributed by atoms with Gasteiger partial charge in [0.25, 0.3) is 5.91 Å². The standard InChI is InChI=1S/C20H18N2O4/c23-19(24)11-16(15-7-3-5-12-4-1-2-6-14(12)15)21-20(25)17-10-18(26-22-17)13-8-9-13/h1-7,10,13,16H,8-9,11H2,(H,21,25)(H,23,24)/t16-/m1/s1. The fourth-order valence-electron chi connectivity index (χ4n) is 3.16. The van der Waals surface area contributed by atoms with E-state index in [1.807, 2.05) is 42.5 Å². The number of hydrogen-bond acceptors (Lipinski definition) is 4. The highest BCUT2D eigenvalue weighted by Gasteiger charge is 2.29. The molecule has 0 spiro atoms. The number of nitrogens with zero attached hydrogens (tertiary/aromatic N) is 1. The van der Waals surface area contributed by atoms with Gasteiger partial charge in [0.1, 0.15) is 5.76 Å². The molecule has 1 atom stereocenters. The fourth-order valence-corrected chi connectivity index (χ4v) is 3.16. The second-order valence-electron chi connectivity index (χ2n) is 6.58. The van der Waals surface area contributed by atoms with Crippen LogP contribution in [0, 0.1) is 0 Å². The fraction of sp³-hybridized carbons (Fsp3) is 0.250. The molecule has 1 aliphatic carbocycles. The predicted molar refractivity (Wildman–Crippen MR) is 94.9 cm³/mol. The van der Waals surface area contributed by atoms with E-state index in [9.17, 15) is 14.7 Å². The van der Waals surface area contributed by atoms with Gasteiger partial charge < -0.3 is 14.9 Å². The zero-order valence-electron chi connectivity index (χ0n) is 14.0. The van der Waals surface area contributed by atoms with Crippen LogP contribution in [0.4, 0.5) is 0 Å². The first-order chi connectivity index (χ1) is 12.6. The maximum atomic E-state index is 12.6. The van der Waals surface area contributed by atoms with Gasteiger partial charge >= 0.3 is 5.97 Å². The van der Waals surface area contributed by atoms with Crippen LogP contribution >= 0.6 is 0 Å². The lowest BCUT2D eigenvalue weighted by Gasteiger charge is -2.18. The third-order valence-corrected chi connectivity index (χ3v) is 4.62. The highest BCUT2D eigenvalue weighted by molar-refractivity contribution is 5.94. The lowest BCUT2D eigenvalue weighted by Crippen LogP contribution is -2.30. The third-order valence-electron chi connectivity index (χ3n) is 4.62. The van der Waals surface area contributed by atoms with Gasteiger partial charge in [-0.05, 0) is 29.2 Å². The van der Waals surface area contributed by atoms with Crippen LogP contribution in [0.15, 0.2) is 53.1 Å². The Balaban J connectivity index is 1.63. The van der Waals surface area contributed by atoms with Crippen LogP contribution in [-0.4, -0.2) is 22.1 Å². The van der Waals surface area contributed by atoms with Crippen LogP contribution in [0.25, 0.3) is 10.8 Å². The van der Waals surface area contributed by atoms with E-state index in [4.69, 9.17) is 4.52 Å². The Labute approximate surface area is 149 Å². The Morgan fingerprint density at radius 2 is 1.96 bits per heavy atom. The molecule has 0 radical (unpaired) electrons. The normalized spacial score (nSPS) is 14.9. The van der Waals surface area contributed by atoms with Gasteiger partial charge in [-0.1, -0.05) is 47.6 Å². The predicted octanol–water partition coefficient (Wildman–Crippen LogP) is 3.65. The van der Waals surface area contributed by atoms with E-state index in [2.05, 4.69) is 10.5 Å². The van der Waals surface area contributed by atoms with Crippen molar-refractivity contribution in [1.82, 2.24) is 10.5 Å². The number of rotatable bonds is 6. The maximum Gasteiger partial charge on any atom is 0.305 e.